The van der Waals surface area contributed by atoms with E-state index in [1.807, 2.05) is 24.4 Å². The Morgan fingerprint density at radius 1 is 1.33 bits per heavy atom. The monoisotopic (exact) mass is 242 g/mol. The molecule has 4 heteroatoms. The zero-order valence-corrected chi connectivity index (χ0v) is 9.97. The fraction of sp³-hybridized carbons (Fsp3) is 0.286. The summed E-state index contributed by atoms with van der Waals surface area (Å²) in [6.45, 7) is 0.783. The molecule has 0 aliphatic heterocycles. The summed E-state index contributed by atoms with van der Waals surface area (Å²) >= 11 is 0. The van der Waals surface area contributed by atoms with Gasteiger partial charge in [-0.25, -0.2) is 0 Å². The number of carboxylic acids is 1. The number of hydrogen-bond donors (Lipinski definition) is 1. The average molecular weight is 242 g/mol. The van der Waals surface area contributed by atoms with Crippen LogP contribution in [0.4, 0.5) is 0 Å². The summed E-state index contributed by atoms with van der Waals surface area (Å²) in [7, 11) is 0. The predicted molar refractivity (Wildman–Crippen MR) is 68.1 cm³/mol. The minimum Gasteiger partial charge on any atom is -0.481 e. The SMILES string of the molecule is N#Cc1ccc2ccn(CCCCC(=O)O)c2c1. The van der Waals surface area contributed by atoms with Gasteiger partial charge in [0.1, 0.15) is 0 Å². The van der Waals surface area contributed by atoms with E-state index in [4.69, 9.17) is 10.4 Å². The van der Waals surface area contributed by atoms with Gasteiger partial charge in [0.25, 0.3) is 0 Å². The van der Waals surface area contributed by atoms with Gasteiger partial charge in [0, 0.05) is 24.7 Å². The van der Waals surface area contributed by atoms with Crippen LogP contribution in [0.15, 0.2) is 30.5 Å². The van der Waals surface area contributed by atoms with E-state index in [0.717, 1.165) is 23.9 Å². The molecule has 0 radical (unpaired) electrons. The molecule has 1 N–H and O–H groups in total. The van der Waals surface area contributed by atoms with E-state index < -0.39 is 5.97 Å². The van der Waals surface area contributed by atoms with Crippen molar-refractivity contribution in [3.63, 3.8) is 0 Å². The number of hydrogen-bond acceptors (Lipinski definition) is 2. The first kappa shape index (κ1) is 12.2. The molecule has 0 aliphatic carbocycles. The standard InChI is InChI=1S/C14H14N2O2/c15-10-11-4-5-12-6-8-16(13(12)9-11)7-2-1-3-14(17)18/h4-6,8-9H,1-3,7H2,(H,17,18). The number of aromatic nitrogens is 1. The smallest absolute Gasteiger partial charge is 0.303 e. The molecule has 0 bridgehead atoms. The predicted octanol–water partition coefficient (Wildman–Crippen LogP) is 2.77. The number of benzene rings is 1. The second-order valence-electron chi connectivity index (χ2n) is 4.25. The molecule has 0 atom stereocenters. The summed E-state index contributed by atoms with van der Waals surface area (Å²) in [5, 5.41) is 18.5. The molecular weight excluding hydrogens is 228 g/mol. The van der Waals surface area contributed by atoms with Crippen LogP contribution >= 0.6 is 0 Å². The molecule has 1 aromatic carbocycles. The number of carbonyl (C=O) groups is 1. The summed E-state index contributed by atoms with van der Waals surface area (Å²) in [4.78, 5) is 10.4. The van der Waals surface area contributed by atoms with Crippen LogP contribution in [0.3, 0.4) is 0 Å². The molecule has 0 saturated carbocycles. The van der Waals surface area contributed by atoms with Gasteiger partial charge in [-0.2, -0.15) is 5.26 Å². The first-order chi connectivity index (χ1) is 8.70. The highest BCUT2D eigenvalue weighted by Gasteiger charge is 2.03. The molecule has 2 aromatic rings. The highest BCUT2D eigenvalue weighted by molar-refractivity contribution is 5.81. The first-order valence-corrected chi connectivity index (χ1v) is 5.91. The third-order valence-electron chi connectivity index (χ3n) is 2.94. The largest absolute Gasteiger partial charge is 0.481 e. The van der Waals surface area contributed by atoms with Crippen molar-refractivity contribution in [2.45, 2.75) is 25.8 Å². The van der Waals surface area contributed by atoms with Crippen molar-refractivity contribution in [2.24, 2.45) is 0 Å². The third-order valence-corrected chi connectivity index (χ3v) is 2.94. The molecule has 1 aromatic heterocycles. The van der Waals surface area contributed by atoms with Crippen molar-refractivity contribution < 1.29 is 9.90 Å². The maximum absolute atomic E-state index is 10.4. The Labute approximate surface area is 105 Å². The van der Waals surface area contributed by atoms with Crippen molar-refractivity contribution in [3.8, 4) is 6.07 Å². The van der Waals surface area contributed by atoms with Crippen LogP contribution in [0, 0.1) is 11.3 Å². The second-order valence-corrected chi connectivity index (χ2v) is 4.25. The van der Waals surface area contributed by atoms with Gasteiger partial charge in [0.05, 0.1) is 11.6 Å². The quantitative estimate of drug-likeness (QED) is 0.820. The number of aryl methyl sites for hydroxylation is 1. The number of carboxylic acid groups (broad SMARTS) is 1. The van der Waals surface area contributed by atoms with Crippen LogP contribution in [0.2, 0.25) is 0 Å². The molecule has 0 spiro atoms. The number of nitrogens with zero attached hydrogens (tertiary/aromatic N) is 2. The van der Waals surface area contributed by atoms with Gasteiger partial charge < -0.3 is 9.67 Å². The van der Waals surface area contributed by atoms with E-state index in [0.29, 0.717) is 12.0 Å². The lowest BCUT2D eigenvalue weighted by Crippen LogP contribution is -1.99. The Hall–Kier alpha value is -2.28. The molecule has 0 unspecified atom stereocenters. The van der Waals surface area contributed by atoms with Crippen molar-refractivity contribution in [2.75, 3.05) is 0 Å². The van der Waals surface area contributed by atoms with Crippen LogP contribution in [-0.4, -0.2) is 15.6 Å². The number of nitriles is 1. The number of unbranched alkanes of at least 4 members (excludes halogenated alkanes) is 1. The fourth-order valence-corrected chi connectivity index (χ4v) is 2.01. The molecule has 92 valence electrons. The molecule has 0 fully saturated rings. The van der Waals surface area contributed by atoms with Gasteiger partial charge >= 0.3 is 5.97 Å². The van der Waals surface area contributed by atoms with Gasteiger partial charge in [-0.3, -0.25) is 4.79 Å². The normalized spacial score (nSPS) is 10.4. The van der Waals surface area contributed by atoms with E-state index in [1.54, 1.807) is 6.07 Å². The van der Waals surface area contributed by atoms with Crippen LogP contribution in [-0.2, 0) is 11.3 Å². The van der Waals surface area contributed by atoms with Crippen LogP contribution < -0.4 is 0 Å². The zero-order valence-electron chi connectivity index (χ0n) is 9.97. The molecule has 18 heavy (non-hydrogen) atoms. The molecule has 0 aliphatic rings. The van der Waals surface area contributed by atoms with Crippen molar-refractivity contribution >= 4 is 16.9 Å². The molecule has 0 saturated heterocycles. The van der Waals surface area contributed by atoms with Crippen LogP contribution in [0.25, 0.3) is 10.9 Å². The Kier molecular flexibility index (Phi) is 3.63. The average Bonchev–Trinajstić information content (AvgIpc) is 2.76. The molecular formula is C14H14N2O2. The van der Waals surface area contributed by atoms with Crippen LogP contribution in [0.1, 0.15) is 24.8 Å². The summed E-state index contributed by atoms with van der Waals surface area (Å²) in [6.07, 6.45) is 3.69. The molecule has 0 amide bonds. The molecule has 1 heterocycles. The van der Waals surface area contributed by atoms with Gasteiger partial charge in [-0.15, -0.1) is 0 Å². The Balaban J connectivity index is 2.09. The zero-order chi connectivity index (χ0) is 13.0. The topological polar surface area (TPSA) is 66.0 Å². The van der Waals surface area contributed by atoms with Crippen LogP contribution in [0.5, 0.6) is 0 Å². The van der Waals surface area contributed by atoms with Gasteiger partial charge in [-0.1, -0.05) is 6.07 Å². The van der Waals surface area contributed by atoms with Gasteiger partial charge in [-0.05, 0) is 36.4 Å². The number of fused-ring (bicyclic) bond motifs is 1. The molecule has 4 nitrogen and oxygen atoms in total. The Bertz CT molecular complexity index is 608. The summed E-state index contributed by atoms with van der Waals surface area (Å²) in [5.74, 6) is -0.751. The third kappa shape index (κ3) is 2.69. The summed E-state index contributed by atoms with van der Waals surface area (Å²) in [5.41, 5.74) is 1.68. The lowest BCUT2D eigenvalue weighted by atomic mass is 10.2. The van der Waals surface area contributed by atoms with E-state index in [2.05, 4.69) is 10.6 Å². The Morgan fingerprint density at radius 2 is 2.17 bits per heavy atom. The van der Waals surface area contributed by atoms with Gasteiger partial charge in [0.2, 0.25) is 0 Å². The van der Waals surface area contributed by atoms with Crippen molar-refractivity contribution in [1.29, 1.82) is 5.26 Å². The highest BCUT2D eigenvalue weighted by Crippen LogP contribution is 2.18. The fourth-order valence-electron chi connectivity index (χ4n) is 2.01. The van der Waals surface area contributed by atoms with E-state index in [-0.39, 0.29) is 6.42 Å². The Morgan fingerprint density at radius 3 is 2.89 bits per heavy atom. The number of rotatable bonds is 5. The van der Waals surface area contributed by atoms with E-state index >= 15 is 0 Å². The van der Waals surface area contributed by atoms with E-state index in [9.17, 15) is 4.79 Å². The number of aliphatic carboxylic acids is 1. The maximum atomic E-state index is 10.4. The summed E-state index contributed by atoms with van der Waals surface area (Å²) in [6, 6.07) is 9.74. The highest BCUT2D eigenvalue weighted by atomic mass is 16.4. The summed E-state index contributed by atoms with van der Waals surface area (Å²) < 4.78 is 2.07. The lowest BCUT2D eigenvalue weighted by molar-refractivity contribution is -0.137. The van der Waals surface area contributed by atoms with E-state index in [1.165, 1.54) is 0 Å². The van der Waals surface area contributed by atoms with Crippen molar-refractivity contribution in [3.05, 3.63) is 36.0 Å². The minimum atomic E-state index is -0.751. The second kappa shape index (κ2) is 5.37. The first-order valence-electron chi connectivity index (χ1n) is 5.91. The van der Waals surface area contributed by atoms with Crippen molar-refractivity contribution in [1.82, 2.24) is 4.57 Å². The minimum absolute atomic E-state index is 0.211. The maximum Gasteiger partial charge on any atom is 0.303 e. The van der Waals surface area contributed by atoms with Gasteiger partial charge in [0.15, 0.2) is 0 Å². The lowest BCUT2D eigenvalue weighted by Gasteiger charge is -2.04. The molecule has 2 rings (SSSR count).